The maximum Gasteiger partial charge on any atom is 0.306 e. The van der Waals surface area contributed by atoms with Crippen molar-refractivity contribution in [3.8, 4) is 5.75 Å². The Balaban J connectivity index is 2.07. The standard InChI is InChI=1S/C14H18N2O5/c1-21-12-6-10(5-11(7-12)16(19)20)15-8-9-3-2-4-13(9)14(17)18/h5-7,9,13,15H,2-4,8H2,1H3,(H,17,18). The minimum atomic E-state index is -0.768. The number of carboxylic acid groups (broad SMARTS) is 1. The minimum Gasteiger partial charge on any atom is -0.496 e. The molecule has 0 heterocycles. The first-order valence-corrected chi connectivity index (χ1v) is 6.81. The average molecular weight is 294 g/mol. The molecule has 0 bridgehead atoms. The summed E-state index contributed by atoms with van der Waals surface area (Å²) in [7, 11) is 1.44. The predicted octanol–water partition coefficient (Wildman–Crippen LogP) is 2.52. The van der Waals surface area contributed by atoms with Crippen molar-refractivity contribution in [1.29, 1.82) is 0 Å². The van der Waals surface area contributed by atoms with Crippen molar-refractivity contribution in [2.24, 2.45) is 11.8 Å². The number of aliphatic carboxylic acids is 1. The second-order valence-electron chi connectivity index (χ2n) is 5.19. The molecule has 2 N–H and O–H groups in total. The zero-order valence-electron chi connectivity index (χ0n) is 11.7. The quantitative estimate of drug-likeness (QED) is 0.617. The number of hydrogen-bond acceptors (Lipinski definition) is 5. The van der Waals surface area contributed by atoms with Crippen LogP contribution in [0.4, 0.5) is 11.4 Å². The summed E-state index contributed by atoms with van der Waals surface area (Å²) in [5, 5.41) is 23.1. The third kappa shape index (κ3) is 3.62. The van der Waals surface area contributed by atoms with Gasteiger partial charge >= 0.3 is 5.97 Å². The molecule has 7 nitrogen and oxygen atoms in total. The molecule has 114 valence electrons. The molecule has 21 heavy (non-hydrogen) atoms. The van der Waals surface area contributed by atoms with Crippen LogP contribution < -0.4 is 10.1 Å². The molecule has 1 aliphatic rings. The van der Waals surface area contributed by atoms with Crippen LogP contribution in [-0.4, -0.2) is 29.7 Å². The lowest BCUT2D eigenvalue weighted by molar-refractivity contribution is -0.384. The van der Waals surface area contributed by atoms with Gasteiger partial charge in [-0.3, -0.25) is 14.9 Å². The highest BCUT2D eigenvalue weighted by molar-refractivity contribution is 5.70. The SMILES string of the molecule is COc1cc(NCC2CCCC2C(=O)O)cc([N+](=O)[O-])c1. The third-order valence-corrected chi connectivity index (χ3v) is 3.88. The van der Waals surface area contributed by atoms with Gasteiger partial charge in [-0.2, -0.15) is 0 Å². The van der Waals surface area contributed by atoms with Gasteiger partial charge < -0.3 is 15.2 Å². The van der Waals surface area contributed by atoms with Crippen molar-refractivity contribution < 1.29 is 19.6 Å². The summed E-state index contributed by atoms with van der Waals surface area (Å²) < 4.78 is 5.04. The summed E-state index contributed by atoms with van der Waals surface area (Å²) in [6.07, 6.45) is 2.46. The number of non-ortho nitro benzene ring substituents is 1. The summed E-state index contributed by atoms with van der Waals surface area (Å²) >= 11 is 0. The average Bonchev–Trinajstić information content (AvgIpc) is 2.93. The zero-order chi connectivity index (χ0) is 15.4. The number of nitrogens with zero attached hydrogens (tertiary/aromatic N) is 1. The lowest BCUT2D eigenvalue weighted by Crippen LogP contribution is -2.24. The second kappa shape index (κ2) is 6.43. The molecule has 0 radical (unpaired) electrons. The number of hydrogen-bond donors (Lipinski definition) is 2. The molecular weight excluding hydrogens is 276 g/mol. The van der Waals surface area contributed by atoms with Gasteiger partial charge in [0.25, 0.3) is 5.69 Å². The molecule has 2 unspecified atom stereocenters. The number of ether oxygens (including phenoxy) is 1. The molecule has 1 aliphatic carbocycles. The van der Waals surface area contributed by atoms with E-state index >= 15 is 0 Å². The van der Waals surface area contributed by atoms with Crippen LogP contribution in [0.15, 0.2) is 18.2 Å². The molecular formula is C14H18N2O5. The number of nitro benzene ring substituents is 1. The predicted molar refractivity (Wildman–Crippen MR) is 76.6 cm³/mol. The van der Waals surface area contributed by atoms with Gasteiger partial charge in [-0.25, -0.2) is 0 Å². The zero-order valence-corrected chi connectivity index (χ0v) is 11.7. The minimum absolute atomic E-state index is 0.0488. The number of rotatable bonds is 6. The number of carboxylic acids is 1. The maximum atomic E-state index is 11.1. The number of nitro groups is 1. The van der Waals surface area contributed by atoms with Gasteiger partial charge in [-0.15, -0.1) is 0 Å². The Kier molecular flexibility index (Phi) is 4.62. The lowest BCUT2D eigenvalue weighted by Gasteiger charge is -2.17. The van der Waals surface area contributed by atoms with Crippen molar-refractivity contribution in [3.05, 3.63) is 28.3 Å². The van der Waals surface area contributed by atoms with E-state index in [1.807, 2.05) is 0 Å². The Morgan fingerprint density at radius 3 is 2.86 bits per heavy atom. The first-order valence-electron chi connectivity index (χ1n) is 6.81. The van der Waals surface area contributed by atoms with Crippen molar-refractivity contribution in [2.75, 3.05) is 19.0 Å². The fraction of sp³-hybridized carbons (Fsp3) is 0.500. The smallest absolute Gasteiger partial charge is 0.306 e. The summed E-state index contributed by atoms with van der Waals surface area (Å²) in [5.74, 6) is -0.658. The molecule has 7 heteroatoms. The van der Waals surface area contributed by atoms with E-state index in [9.17, 15) is 14.9 Å². The topological polar surface area (TPSA) is 102 Å². The molecule has 0 amide bonds. The Hall–Kier alpha value is -2.31. The Morgan fingerprint density at radius 2 is 2.24 bits per heavy atom. The summed E-state index contributed by atoms with van der Waals surface area (Å²) in [6, 6.07) is 4.44. The van der Waals surface area contributed by atoms with Crippen LogP contribution in [0.2, 0.25) is 0 Å². The number of anilines is 1. The fourth-order valence-electron chi connectivity index (χ4n) is 2.76. The molecule has 2 atom stereocenters. The highest BCUT2D eigenvalue weighted by Crippen LogP contribution is 2.33. The highest BCUT2D eigenvalue weighted by Gasteiger charge is 2.32. The van der Waals surface area contributed by atoms with Gasteiger partial charge in [0.05, 0.1) is 24.0 Å². The molecule has 0 aromatic heterocycles. The van der Waals surface area contributed by atoms with Crippen LogP contribution in [0.25, 0.3) is 0 Å². The number of benzene rings is 1. The van der Waals surface area contributed by atoms with E-state index < -0.39 is 10.9 Å². The Morgan fingerprint density at radius 1 is 1.48 bits per heavy atom. The Bertz CT molecular complexity index is 546. The van der Waals surface area contributed by atoms with E-state index in [0.29, 0.717) is 24.4 Å². The van der Waals surface area contributed by atoms with E-state index in [1.54, 1.807) is 6.07 Å². The van der Waals surface area contributed by atoms with E-state index in [4.69, 9.17) is 9.84 Å². The molecule has 1 fully saturated rings. The van der Waals surface area contributed by atoms with Gasteiger partial charge in [-0.1, -0.05) is 6.42 Å². The van der Waals surface area contributed by atoms with E-state index in [2.05, 4.69) is 5.32 Å². The lowest BCUT2D eigenvalue weighted by atomic mass is 9.96. The van der Waals surface area contributed by atoms with Gasteiger partial charge in [0.15, 0.2) is 0 Å². The van der Waals surface area contributed by atoms with Crippen LogP contribution in [-0.2, 0) is 4.79 Å². The van der Waals surface area contributed by atoms with Crippen molar-refractivity contribution in [2.45, 2.75) is 19.3 Å². The van der Waals surface area contributed by atoms with Crippen LogP contribution in [0.5, 0.6) is 5.75 Å². The highest BCUT2D eigenvalue weighted by atomic mass is 16.6. The van der Waals surface area contributed by atoms with Crippen molar-refractivity contribution >= 4 is 17.3 Å². The maximum absolute atomic E-state index is 11.1. The Labute approximate surface area is 122 Å². The first kappa shape index (κ1) is 15.1. The molecule has 0 saturated heterocycles. The fourth-order valence-corrected chi connectivity index (χ4v) is 2.76. The molecule has 2 rings (SSSR count). The first-order chi connectivity index (χ1) is 10.0. The van der Waals surface area contributed by atoms with Crippen LogP contribution >= 0.6 is 0 Å². The molecule has 1 aromatic carbocycles. The second-order valence-corrected chi connectivity index (χ2v) is 5.19. The van der Waals surface area contributed by atoms with Gasteiger partial charge in [0.2, 0.25) is 0 Å². The van der Waals surface area contributed by atoms with Gasteiger partial charge in [-0.05, 0) is 18.8 Å². The monoisotopic (exact) mass is 294 g/mol. The van der Waals surface area contributed by atoms with Gasteiger partial charge in [0.1, 0.15) is 5.75 Å². The van der Waals surface area contributed by atoms with Gasteiger partial charge in [0, 0.05) is 24.4 Å². The third-order valence-electron chi connectivity index (χ3n) is 3.88. The molecule has 0 aliphatic heterocycles. The molecule has 1 aromatic rings. The van der Waals surface area contributed by atoms with Crippen molar-refractivity contribution in [3.63, 3.8) is 0 Å². The van der Waals surface area contributed by atoms with Crippen LogP contribution in [0, 0.1) is 22.0 Å². The van der Waals surface area contributed by atoms with E-state index in [-0.39, 0.29) is 17.5 Å². The molecule has 1 saturated carbocycles. The largest absolute Gasteiger partial charge is 0.496 e. The number of carbonyl (C=O) groups is 1. The molecule has 0 spiro atoms. The summed E-state index contributed by atoms with van der Waals surface area (Å²) in [6.45, 7) is 0.487. The van der Waals surface area contributed by atoms with Crippen LogP contribution in [0.3, 0.4) is 0 Å². The van der Waals surface area contributed by atoms with Crippen molar-refractivity contribution in [1.82, 2.24) is 0 Å². The summed E-state index contributed by atoms with van der Waals surface area (Å²) in [5.41, 5.74) is 0.509. The van der Waals surface area contributed by atoms with E-state index in [1.165, 1.54) is 19.2 Å². The van der Waals surface area contributed by atoms with Crippen LogP contribution in [0.1, 0.15) is 19.3 Å². The normalized spacial score (nSPS) is 21.0. The number of methoxy groups -OCH3 is 1. The van der Waals surface area contributed by atoms with E-state index in [0.717, 1.165) is 12.8 Å². The number of nitrogens with one attached hydrogen (secondary N) is 1. The summed E-state index contributed by atoms with van der Waals surface area (Å²) in [4.78, 5) is 21.5.